The van der Waals surface area contributed by atoms with Crippen molar-refractivity contribution in [3.63, 3.8) is 0 Å². The van der Waals surface area contributed by atoms with E-state index in [0.717, 1.165) is 16.7 Å². The zero-order valence-electron chi connectivity index (χ0n) is 16.7. The van der Waals surface area contributed by atoms with E-state index in [2.05, 4.69) is 22.4 Å². The summed E-state index contributed by atoms with van der Waals surface area (Å²) in [6.45, 7) is 3.66. The van der Waals surface area contributed by atoms with E-state index in [1.807, 2.05) is 24.3 Å². The van der Waals surface area contributed by atoms with E-state index in [4.69, 9.17) is 14.2 Å². The summed E-state index contributed by atoms with van der Waals surface area (Å²) in [5.41, 5.74) is 1.53. The molecule has 1 N–H and O–H groups in total. The molecule has 4 rings (SSSR count). The number of nitrogens with one attached hydrogen (secondary N) is 1. The Bertz CT molecular complexity index is 952. The number of aromatic nitrogens is 1. The summed E-state index contributed by atoms with van der Waals surface area (Å²) < 4.78 is 30.8. The lowest BCUT2D eigenvalue weighted by molar-refractivity contribution is -0.0864. The van der Waals surface area contributed by atoms with Gasteiger partial charge in [0.2, 0.25) is 5.88 Å². The molecule has 0 amide bonds. The normalized spacial score (nSPS) is 16.6. The standard InChI is InChI=1S/C23H25FN2O3S/c24-19-7-6-17-12-18(14-25-15-20-16-27-8-9-28-20)23(26-22(17)13-19)29-10-11-30-21-4-2-1-3-5-21/h1-7,12-13,20,25H,8-11,14-16H2. The quantitative estimate of drug-likeness (QED) is 0.410. The molecule has 2 heterocycles. The average molecular weight is 429 g/mol. The molecule has 0 spiro atoms. The second-order valence-corrected chi connectivity index (χ2v) is 8.17. The first-order valence-corrected chi connectivity index (χ1v) is 11.1. The summed E-state index contributed by atoms with van der Waals surface area (Å²) in [6.07, 6.45) is 0.0490. The van der Waals surface area contributed by atoms with Crippen molar-refractivity contribution in [3.05, 3.63) is 66.0 Å². The Kier molecular flexibility index (Phi) is 7.53. The lowest BCUT2D eigenvalue weighted by Gasteiger charge is -2.23. The third-order valence-electron chi connectivity index (χ3n) is 4.73. The molecule has 1 atom stereocenters. The molecule has 1 aliphatic heterocycles. The molecule has 0 saturated carbocycles. The van der Waals surface area contributed by atoms with Crippen molar-refractivity contribution in [3.8, 4) is 5.88 Å². The maximum atomic E-state index is 13.6. The van der Waals surface area contributed by atoms with Crippen molar-refractivity contribution in [2.24, 2.45) is 0 Å². The first kappa shape index (κ1) is 21.1. The molecule has 1 saturated heterocycles. The van der Waals surface area contributed by atoms with Crippen molar-refractivity contribution in [2.75, 3.05) is 38.7 Å². The second-order valence-electron chi connectivity index (χ2n) is 7.00. The number of rotatable bonds is 9. The van der Waals surface area contributed by atoms with Crippen LogP contribution in [0.2, 0.25) is 0 Å². The van der Waals surface area contributed by atoms with Gasteiger partial charge in [0.05, 0.1) is 38.0 Å². The van der Waals surface area contributed by atoms with Gasteiger partial charge in [-0.05, 0) is 30.3 Å². The summed E-state index contributed by atoms with van der Waals surface area (Å²) in [5, 5.41) is 4.29. The summed E-state index contributed by atoms with van der Waals surface area (Å²) >= 11 is 1.73. The number of ether oxygens (including phenoxy) is 3. The van der Waals surface area contributed by atoms with E-state index in [-0.39, 0.29) is 11.9 Å². The average Bonchev–Trinajstić information content (AvgIpc) is 2.78. The van der Waals surface area contributed by atoms with Crippen LogP contribution in [0.4, 0.5) is 4.39 Å². The minimum atomic E-state index is -0.305. The van der Waals surface area contributed by atoms with Crippen LogP contribution in [0.1, 0.15) is 5.56 Å². The van der Waals surface area contributed by atoms with Crippen LogP contribution < -0.4 is 10.1 Å². The molecule has 7 heteroatoms. The van der Waals surface area contributed by atoms with Gasteiger partial charge in [0.15, 0.2) is 0 Å². The van der Waals surface area contributed by atoms with Crippen LogP contribution in [-0.2, 0) is 16.0 Å². The zero-order chi connectivity index (χ0) is 20.6. The molecule has 5 nitrogen and oxygen atoms in total. The molecule has 2 aromatic carbocycles. The Morgan fingerprint density at radius 1 is 1.13 bits per heavy atom. The molecule has 0 aliphatic carbocycles. The summed E-state index contributed by atoms with van der Waals surface area (Å²) in [5.74, 6) is 1.03. The Balaban J connectivity index is 1.40. The van der Waals surface area contributed by atoms with Crippen LogP contribution in [0.5, 0.6) is 5.88 Å². The van der Waals surface area contributed by atoms with Gasteiger partial charge in [-0.3, -0.25) is 0 Å². The molecule has 0 radical (unpaired) electrons. The topological polar surface area (TPSA) is 52.6 Å². The Labute approximate surface area is 179 Å². The molecule has 1 unspecified atom stereocenters. The lowest BCUT2D eigenvalue weighted by Crippen LogP contribution is -2.37. The highest BCUT2D eigenvalue weighted by Gasteiger charge is 2.15. The molecule has 30 heavy (non-hydrogen) atoms. The maximum Gasteiger partial charge on any atom is 0.218 e. The van der Waals surface area contributed by atoms with Gasteiger partial charge in [-0.2, -0.15) is 0 Å². The highest BCUT2D eigenvalue weighted by atomic mass is 32.2. The zero-order valence-corrected chi connectivity index (χ0v) is 17.5. The van der Waals surface area contributed by atoms with Crippen molar-refractivity contribution in [1.29, 1.82) is 0 Å². The largest absolute Gasteiger partial charge is 0.477 e. The van der Waals surface area contributed by atoms with Gasteiger partial charge in [0, 0.05) is 40.8 Å². The summed E-state index contributed by atoms with van der Waals surface area (Å²) in [7, 11) is 0. The monoisotopic (exact) mass is 428 g/mol. The van der Waals surface area contributed by atoms with E-state index in [1.165, 1.54) is 17.0 Å². The number of hydrogen-bond acceptors (Lipinski definition) is 6. The number of halogens is 1. The Morgan fingerprint density at radius 2 is 2.03 bits per heavy atom. The van der Waals surface area contributed by atoms with Crippen LogP contribution >= 0.6 is 11.8 Å². The van der Waals surface area contributed by atoms with Crippen molar-refractivity contribution in [1.82, 2.24) is 10.3 Å². The van der Waals surface area contributed by atoms with Gasteiger partial charge in [-0.25, -0.2) is 9.37 Å². The number of hydrogen-bond donors (Lipinski definition) is 1. The van der Waals surface area contributed by atoms with Crippen LogP contribution in [0.3, 0.4) is 0 Å². The molecule has 1 aromatic heterocycles. The van der Waals surface area contributed by atoms with Crippen molar-refractivity contribution in [2.45, 2.75) is 17.5 Å². The molecule has 1 fully saturated rings. The van der Waals surface area contributed by atoms with Gasteiger partial charge in [-0.15, -0.1) is 11.8 Å². The predicted molar refractivity (Wildman–Crippen MR) is 117 cm³/mol. The second kappa shape index (κ2) is 10.7. The number of nitrogens with zero attached hydrogens (tertiary/aromatic N) is 1. The number of thioether (sulfide) groups is 1. The molecular weight excluding hydrogens is 403 g/mol. The molecule has 0 bridgehead atoms. The van der Waals surface area contributed by atoms with Gasteiger partial charge in [0.1, 0.15) is 5.82 Å². The molecule has 158 valence electrons. The third kappa shape index (κ3) is 5.92. The van der Waals surface area contributed by atoms with E-state index < -0.39 is 0 Å². The van der Waals surface area contributed by atoms with E-state index in [1.54, 1.807) is 17.8 Å². The molecule has 3 aromatic rings. The van der Waals surface area contributed by atoms with E-state index in [0.29, 0.717) is 50.9 Å². The third-order valence-corrected chi connectivity index (χ3v) is 5.70. The Morgan fingerprint density at radius 3 is 2.87 bits per heavy atom. The van der Waals surface area contributed by atoms with Crippen molar-refractivity contribution >= 4 is 22.7 Å². The maximum absolute atomic E-state index is 13.6. The van der Waals surface area contributed by atoms with Crippen LogP contribution in [0.25, 0.3) is 10.9 Å². The van der Waals surface area contributed by atoms with Gasteiger partial charge >= 0.3 is 0 Å². The van der Waals surface area contributed by atoms with Crippen LogP contribution in [0, 0.1) is 5.82 Å². The fourth-order valence-electron chi connectivity index (χ4n) is 3.25. The van der Waals surface area contributed by atoms with Crippen LogP contribution in [0.15, 0.2) is 59.5 Å². The first-order valence-electron chi connectivity index (χ1n) is 10.1. The summed E-state index contributed by atoms with van der Waals surface area (Å²) in [4.78, 5) is 5.78. The smallest absolute Gasteiger partial charge is 0.218 e. The van der Waals surface area contributed by atoms with Crippen molar-refractivity contribution < 1.29 is 18.6 Å². The lowest BCUT2D eigenvalue weighted by atomic mass is 10.1. The number of fused-ring (bicyclic) bond motifs is 1. The van der Waals surface area contributed by atoms with Gasteiger partial charge in [0.25, 0.3) is 0 Å². The number of benzene rings is 2. The van der Waals surface area contributed by atoms with Gasteiger partial charge in [-0.1, -0.05) is 18.2 Å². The van der Waals surface area contributed by atoms with Gasteiger partial charge < -0.3 is 19.5 Å². The molecular formula is C23H25FN2O3S. The first-order chi connectivity index (χ1) is 14.8. The summed E-state index contributed by atoms with van der Waals surface area (Å²) in [6, 6.07) is 16.8. The minimum absolute atomic E-state index is 0.0490. The highest BCUT2D eigenvalue weighted by molar-refractivity contribution is 7.99. The number of pyridine rings is 1. The predicted octanol–water partition coefficient (Wildman–Crippen LogP) is 4.05. The fraction of sp³-hybridized carbons (Fsp3) is 0.348. The fourth-order valence-corrected chi connectivity index (χ4v) is 4.01. The molecule has 1 aliphatic rings. The highest BCUT2D eigenvalue weighted by Crippen LogP contribution is 2.24. The van der Waals surface area contributed by atoms with Crippen LogP contribution in [-0.4, -0.2) is 49.8 Å². The van der Waals surface area contributed by atoms with E-state index in [9.17, 15) is 4.39 Å². The van der Waals surface area contributed by atoms with E-state index >= 15 is 0 Å². The minimum Gasteiger partial charge on any atom is -0.477 e. The Hall–Kier alpha value is -2.19. The SMILES string of the molecule is Fc1ccc2cc(CNCC3COCCO3)c(OCCSc3ccccc3)nc2c1.